The molecule has 2 amide bonds. The molecule has 4 rings (SSSR count). The molecule has 4 aromatic rings. The Bertz CT molecular complexity index is 1700. The van der Waals surface area contributed by atoms with E-state index in [1.807, 2.05) is 6.92 Å². The quantitative estimate of drug-likeness (QED) is 0.152. The lowest BCUT2D eigenvalue weighted by atomic mass is 10.2. The average molecular weight is 639 g/mol. The van der Waals surface area contributed by atoms with Gasteiger partial charge < -0.3 is 14.8 Å². The maximum absolute atomic E-state index is 13.5. The third kappa shape index (κ3) is 9.03. The number of hydrazone groups is 1. The molecular formula is C31H28ClFN4O6S. The first kappa shape index (κ1) is 32.0. The molecule has 0 heterocycles. The summed E-state index contributed by atoms with van der Waals surface area (Å²) in [4.78, 5) is 24.8. The number of nitrogens with zero attached hydrogens (tertiary/aromatic N) is 2. The maximum Gasteiger partial charge on any atom is 0.264 e. The molecule has 2 N–H and O–H groups in total. The van der Waals surface area contributed by atoms with Gasteiger partial charge in [-0.1, -0.05) is 11.6 Å². The first-order valence-electron chi connectivity index (χ1n) is 13.3. The van der Waals surface area contributed by atoms with Crippen LogP contribution in [0.1, 0.15) is 12.5 Å². The number of halogens is 2. The van der Waals surface area contributed by atoms with Crippen molar-refractivity contribution in [1.82, 2.24) is 5.43 Å². The summed E-state index contributed by atoms with van der Waals surface area (Å²) in [7, 11) is -4.14. The van der Waals surface area contributed by atoms with Gasteiger partial charge in [0.25, 0.3) is 21.8 Å². The molecule has 0 saturated heterocycles. The zero-order valence-corrected chi connectivity index (χ0v) is 25.0. The summed E-state index contributed by atoms with van der Waals surface area (Å²) in [6, 6.07) is 23.8. The molecule has 0 saturated carbocycles. The number of hydrogen-bond donors (Lipinski definition) is 2. The highest BCUT2D eigenvalue weighted by atomic mass is 35.5. The number of hydrogen-bond acceptors (Lipinski definition) is 7. The van der Waals surface area contributed by atoms with Gasteiger partial charge in [-0.3, -0.25) is 13.9 Å². The largest absolute Gasteiger partial charge is 0.494 e. The van der Waals surface area contributed by atoms with Crippen molar-refractivity contribution in [3.05, 3.63) is 113 Å². The molecule has 0 aromatic heterocycles. The first-order valence-corrected chi connectivity index (χ1v) is 15.1. The molecular weight excluding hydrogens is 611 g/mol. The number of carbonyl (C=O) groups excluding carboxylic acids is 2. The van der Waals surface area contributed by atoms with Gasteiger partial charge >= 0.3 is 0 Å². The van der Waals surface area contributed by atoms with Gasteiger partial charge in [0.15, 0.2) is 6.61 Å². The van der Waals surface area contributed by atoms with E-state index in [1.165, 1.54) is 54.7 Å². The molecule has 0 spiro atoms. The summed E-state index contributed by atoms with van der Waals surface area (Å²) < 4.78 is 51.9. The Kier molecular flexibility index (Phi) is 10.9. The maximum atomic E-state index is 13.5. The monoisotopic (exact) mass is 638 g/mol. The predicted octanol–water partition coefficient (Wildman–Crippen LogP) is 5.24. The highest BCUT2D eigenvalue weighted by Crippen LogP contribution is 2.26. The number of nitrogens with one attached hydrogen (secondary N) is 2. The summed E-state index contributed by atoms with van der Waals surface area (Å²) >= 11 is 5.93. The molecule has 10 nitrogen and oxygen atoms in total. The van der Waals surface area contributed by atoms with E-state index in [9.17, 15) is 22.4 Å². The Labute approximate surface area is 259 Å². The summed E-state index contributed by atoms with van der Waals surface area (Å²) in [6.45, 7) is 1.46. The van der Waals surface area contributed by atoms with Crippen LogP contribution in [0.2, 0.25) is 5.02 Å². The number of anilines is 2. The fourth-order valence-electron chi connectivity index (χ4n) is 3.80. The summed E-state index contributed by atoms with van der Waals surface area (Å²) in [6.07, 6.45) is 1.37. The van der Waals surface area contributed by atoms with Crippen molar-refractivity contribution in [3.8, 4) is 11.5 Å². The fourth-order valence-corrected chi connectivity index (χ4v) is 5.34. The van der Waals surface area contributed by atoms with Gasteiger partial charge in [-0.2, -0.15) is 5.10 Å². The highest BCUT2D eigenvalue weighted by Gasteiger charge is 2.27. The van der Waals surface area contributed by atoms with Crippen molar-refractivity contribution < 1.29 is 31.9 Å². The Hall–Kier alpha value is -4.94. The SMILES string of the molecule is CCOc1ccc(N(CC(=O)N/N=C\c2ccc(OCC(=O)Nc3ccc(F)cc3)cc2)S(=O)(=O)c2ccc(Cl)cc2)cc1. The van der Waals surface area contributed by atoms with Crippen LogP contribution in [0.15, 0.2) is 107 Å². The van der Waals surface area contributed by atoms with Crippen molar-refractivity contribution in [2.45, 2.75) is 11.8 Å². The lowest BCUT2D eigenvalue weighted by molar-refractivity contribution is -0.119. The topological polar surface area (TPSA) is 126 Å². The van der Waals surface area contributed by atoms with E-state index in [-0.39, 0.29) is 17.2 Å². The lowest BCUT2D eigenvalue weighted by Gasteiger charge is -2.24. The van der Waals surface area contributed by atoms with Crippen LogP contribution in [0, 0.1) is 5.82 Å². The lowest BCUT2D eigenvalue weighted by Crippen LogP contribution is -2.39. The second-order valence-electron chi connectivity index (χ2n) is 9.10. The highest BCUT2D eigenvalue weighted by molar-refractivity contribution is 7.92. The molecule has 13 heteroatoms. The number of ether oxygens (including phenoxy) is 2. The van der Waals surface area contributed by atoms with E-state index < -0.39 is 34.2 Å². The number of sulfonamides is 1. The van der Waals surface area contributed by atoms with Gasteiger partial charge in [-0.25, -0.2) is 18.2 Å². The zero-order valence-electron chi connectivity index (χ0n) is 23.4. The van der Waals surface area contributed by atoms with Crippen molar-refractivity contribution in [1.29, 1.82) is 0 Å². The van der Waals surface area contributed by atoms with Crippen LogP contribution < -0.4 is 24.5 Å². The van der Waals surface area contributed by atoms with E-state index in [1.54, 1.807) is 48.5 Å². The van der Waals surface area contributed by atoms with Gasteiger partial charge in [0.2, 0.25) is 0 Å². The molecule has 0 unspecified atom stereocenters. The van der Waals surface area contributed by atoms with Crippen LogP contribution in [0.5, 0.6) is 11.5 Å². The van der Waals surface area contributed by atoms with Gasteiger partial charge in [0.1, 0.15) is 23.9 Å². The van der Waals surface area contributed by atoms with Crippen molar-refractivity contribution >= 4 is 51.0 Å². The van der Waals surface area contributed by atoms with Crippen LogP contribution in [0.4, 0.5) is 15.8 Å². The molecule has 44 heavy (non-hydrogen) atoms. The van der Waals surface area contributed by atoms with Crippen molar-refractivity contribution in [2.24, 2.45) is 5.10 Å². The van der Waals surface area contributed by atoms with Crippen LogP contribution >= 0.6 is 11.6 Å². The van der Waals surface area contributed by atoms with Gasteiger partial charge in [-0.05, 0) is 110 Å². The number of amides is 2. The molecule has 228 valence electrons. The Morgan fingerprint density at radius 2 is 1.48 bits per heavy atom. The van der Waals surface area contributed by atoms with Gasteiger partial charge in [-0.15, -0.1) is 0 Å². The molecule has 0 aliphatic rings. The molecule has 0 atom stereocenters. The summed E-state index contributed by atoms with van der Waals surface area (Å²) in [5, 5.41) is 6.90. The molecule has 0 aliphatic heterocycles. The smallest absolute Gasteiger partial charge is 0.264 e. The number of benzene rings is 4. The second-order valence-corrected chi connectivity index (χ2v) is 11.4. The third-order valence-electron chi connectivity index (χ3n) is 5.91. The van der Waals surface area contributed by atoms with Gasteiger partial charge in [0.05, 0.1) is 23.4 Å². The Morgan fingerprint density at radius 1 is 0.864 bits per heavy atom. The zero-order chi connectivity index (χ0) is 31.5. The van der Waals surface area contributed by atoms with Crippen molar-refractivity contribution in [2.75, 3.05) is 29.4 Å². The molecule has 0 radical (unpaired) electrons. The summed E-state index contributed by atoms with van der Waals surface area (Å²) in [5.41, 5.74) is 3.65. The van der Waals surface area contributed by atoms with Crippen LogP contribution in [0.3, 0.4) is 0 Å². The molecule has 0 fully saturated rings. The number of rotatable bonds is 13. The Balaban J connectivity index is 1.36. The summed E-state index contributed by atoms with van der Waals surface area (Å²) in [5.74, 6) is -0.532. The van der Waals surface area contributed by atoms with E-state index in [2.05, 4.69) is 15.8 Å². The van der Waals surface area contributed by atoms with Crippen LogP contribution in [-0.2, 0) is 19.6 Å². The van der Waals surface area contributed by atoms with Crippen molar-refractivity contribution in [3.63, 3.8) is 0 Å². The molecule has 4 aromatic carbocycles. The Morgan fingerprint density at radius 3 is 2.11 bits per heavy atom. The molecule has 0 aliphatic carbocycles. The standard InChI is InChI=1S/C31H28ClFN4O6S/c1-2-42-27-15-11-26(12-16-27)37(44(40,41)29-17-5-23(32)6-18-29)20-30(38)36-34-19-22-3-13-28(14-4-22)43-21-31(39)35-25-9-7-24(33)8-10-25/h3-19H,2,20-21H2,1H3,(H,35,39)(H,36,38)/b34-19-. The predicted molar refractivity (Wildman–Crippen MR) is 166 cm³/mol. The molecule has 0 bridgehead atoms. The van der Waals surface area contributed by atoms with E-state index >= 15 is 0 Å². The van der Waals surface area contributed by atoms with Gasteiger partial charge in [0, 0.05) is 10.7 Å². The van der Waals surface area contributed by atoms with E-state index in [0.29, 0.717) is 34.4 Å². The fraction of sp³-hybridized carbons (Fsp3) is 0.129. The second kappa shape index (κ2) is 15.0. The van der Waals surface area contributed by atoms with E-state index in [0.717, 1.165) is 4.31 Å². The minimum absolute atomic E-state index is 0.0395. The minimum Gasteiger partial charge on any atom is -0.494 e. The number of carbonyl (C=O) groups is 2. The average Bonchev–Trinajstić information content (AvgIpc) is 3.01. The minimum atomic E-state index is -4.14. The third-order valence-corrected chi connectivity index (χ3v) is 7.95. The van der Waals surface area contributed by atoms with E-state index in [4.69, 9.17) is 21.1 Å². The van der Waals surface area contributed by atoms with Crippen LogP contribution in [0.25, 0.3) is 0 Å². The first-order chi connectivity index (χ1) is 21.1. The normalized spacial score (nSPS) is 11.2. The van der Waals surface area contributed by atoms with Crippen LogP contribution in [-0.4, -0.2) is 46.2 Å².